The van der Waals surface area contributed by atoms with Gasteiger partial charge in [-0.3, -0.25) is 0 Å². The SMILES string of the molecule is O=PO.O=PO.O[Si](c1ccccc1)(c1ccccc1)c1ccccc1.[Zn+2]. The van der Waals surface area contributed by atoms with E-state index >= 15 is 0 Å². The molecule has 0 saturated carbocycles. The molecule has 0 heterocycles. The largest absolute Gasteiger partial charge is 2.00 e. The van der Waals surface area contributed by atoms with E-state index in [1.165, 1.54) is 0 Å². The van der Waals surface area contributed by atoms with E-state index in [1.54, 1.807) is 0 Å². The van der Waals surface area contributed by atoms with E-state index in [9.17, 15) is 4.80 Å². The fraction of sp³-hybridized carbons (Fsp3) is 0. The van der Waals surface area contributed by atoms with Gasteiger partial charge in [-0.15, -0.1) is 0 Å². The van der Waals surface area contributed by atoms with Crippen LogP contribution in [0, 0.1) is 0 Å². The maximum absolute atomic E-state index is 11.6. The van der Waals surface area contributed by atoms with Crippen molar-refractivity contribution in [1.82, 2.24) is 0 Å². The summed E-state index contributed by atoms with van der Waals surface area (Å²) < 4.78 is 16.9. The van der Waals surface area contributed by atoms with E-state index in [0.717, 1.165) is 15.6 Å². The Morgan fingerprint density at radius 1 is 0.556 bits per heavy atom. The first-order chi connectivity index (χ1) is 12.6. The third-order valence-corrected chi connectivity index (χ3v) is 7.08. The second-order valence-corrected chi connectivity index (χ2v) is 8.45. The Morgan fingerprint density at radius 2 is 0.741 bits per heavy atom. The normalized spacial score (nSPS) is 9.89. The first kappa shape index (κ1) is 25.6. The molecule has 0 fully saturated rings. The maximum atomic E-state index is 11.6. The molecule has 0 saturated heterocycles. The molecule has 3 aromatic carbocycles. The van der Waals surface area contributed by atoms with Gasteiger partial charge in [-0.2, -0.15) is 0 Å². The number of benzene rings is 3. The molecule has 5 nitrogen and oxygen atoms in total. The van der Waals surface area contributed by atoms with Gasteiger partial charge in [-0.05, 0) is 15.6 Å². The molecule has 0 amide bonds. The molecule has 0 aliphatic heterocycles. The van der Waals surface area contributed by atoms with Crippen molar-refractivity contribution in [1.29, 1.82) is 0 Å². The maximum Gasteiger partial charge on any atom is 2.00 e. The van der Waals surface area contributed by atoms with Crippen LogP contribution in [0.1, 0.15) is 0 Å². The zero-order valence-electron chi connectivity index (χ0n) is 14.4. The van der Waals surface area contributed by atoms with Crippen molar-refractivity contribution in [2.45, 2.75) is 0 Å². The molecule has 0 aromatic heterocycles. The second-order valence-electron chi connectivity index (χ2n) is 4.97. The summed E-state index contributed by atoms with van der Waals surface area (Å²) in [6.07, 6.45) is 0. The Balaban J connectivity index is 0.000000860. The van der Waals surface area contributed by atoms with E-state index in [1.807, 2.05) is 91.0 Å². The summed E-state index contributed by atoms with van der Waals surface area (Å²) >= 11 is 0. The van der Waals surface area contributed by atoms with Crippen LogP contribution in [0.25, 0.3) is 0 Å². The second kappa shape index (κ2) is 14.6. The molecule has 9 heteroatoms. The van der Waals surface area contributed by atoms with Crippen LogP contribution in [0.3, 0.4) is 0 Å². The van der Waals surface area contributed by atoms with E-state index in [2.05, 4.69) is 0 Å². The van der Waals surface area contributed by atoms with E-state index in [4.69, 9.17) is 18.9 Å². The van der Waals surface area contributed by atoms with Crippen LogP contribution < -0.4 is 15.6 Å². The van der Waals surface area contributed by atoms with Crippen LogP contribution in [0.4, 0.5) is 0 Å². The zero-order valence-corrected chi connectivity index (χ0v) is 20.2. The summed E-state index contributed by atoms with van der Waals surface area (Å²) in [6.45, 7) is 0. The van der Waals surface area contributed by atoms with Crippen molar-refractivity contribution in [3.05, 3.63) is 91.0 Å². The summed E-state index contributed by atoms with van der Waals surface area (Å²) in [5, 5.41) is 3.03. The predicted octanol–water partition coefficient (Wildman–Crippen LogP) is 2.01. The standard InChI is InChI=1S/C18H16OSi.2HO2P.Zn/c19-20(16-10-4-1-5-11-16,17-12-6-2-7-13-17)18-14-8-3-9-15-18;2*1-3-2;/h1-15,19H;2*(H,1,2);/q;;;+2. The average molecular weight is 470 g/mol. The van der Waals surface area contributed by atoms with Crippen molar-refractivity contribution in [2.24, 2.45) is 0 Å². The van der Waals surface area contributed by atoms with Gasteiger partial charge in [0.25, 0.3) is 8.32 Å². The van der Waals surface area contributed by atoms with Crippen LogP contribution in [0.2, 0.25) is 0 Å². The molecule has 3 aromatic rings. The van der Waals surface area contributed by atoms with Gasteiger partial charge in [0.1, 0.15) is 0 Å². The third-order valence-electron chi connectivity index (χ3n) is 3.57. The Labute approximate surface area is 175 Å². The van der Waals surface area contributed by atoms with Crippen LogP contribution in [0.15, 0.2) is 91.0 Å². The van der Waals surface area contributed by atoms with E-state index in [-0.39, 0.29) is 19.5 Å². The van der Waals surface area contributed by atoms with Crippen LogP contribution in [-0.2, 0) is 28.6 Å². The fourth-order valence-electron chi connectivity index (χ4n) is 2.54. The molecule has 134 valence electrons. The Kier molecular flexibility index (Phi) is 13.8. The molecule has 0 unspecified atom stereocenters. The molecule has 0 aliphatic rings. The smallest absolute Gasteiger partial charge is 0.421 e. The first-order valence-corrected chi connectivity index (χ1v) is 10.9. The Hall–Kier alpha value is -1.42. The van der Waals surface area contributed by atoms with Gasteiger partial charge in [0, 0.05) is 0 Å². The molecular formula is C18H18O5P2SiZn+2. The molecule has 3 N–H and O–H groups in total. The van der Waals surface area contributed by atoms with Gasteiger partial charge in [0.2, 0.25) is 0 Å². The molecule has 0 atom stereocenters. The fourth-order valence-corrected chi connectivity index (χ4v) is 5.56. The molecular weight excluding hydrogens is 452 g/mol. The third kappa shape index (κ3) is 7.61. The average Bonchev–Trinajstić information content (AvgIpc) is 2.71. The topological polar surface area (TPSA) is 94.8 Å². The number of rotatable bonds is 3. The summed E-state index contributed by atoms with van der Waals surface area (Å²) in [5.41, 5.74) is 0. The molecule has 0 bridgehead atoms. The molecule has 0 spiro atoms. The van der Waals surface area contributed by atoms with Gasteiger partial charge in [-0.25, -0.2) is 9.13 Å². The number of hydrogen-bond acceptors (Lipinski definition) is 3. The van der Waals surface area contributed by atoms with Gasteiger partial charge < -0.3 is 14.6 Å². The minimum Gasteiger partial charge on any atom is -0.421 e. The Morgan fingerprint density at radius 3 is 0.926 bits per heavy atom. The van der Waals surface area contributed by atoms with Crippen molar-refractivity contribution in [3.8, 4) is 0 Å². The summed E-state index contributed by atoms with van der Waals surface area (Å²) in [5.74, 6) is 0. The summed E-state index contributed by atoms with van der Waals surface area (Å²) in [6, 6.07) is 30.0. The first-order valence-electron chi connectivity index (χ1n) is 7.47. The van der Waals surface area contributed by atoms with Crippen molar-refractivity contribution < 1.29 is 43.2 Å². The van der Waals surface area contributed by atoms with Gasteiger partial charge in [0.05, 0.1) is 0 Å². The van der Waals surface area contributed by atoms with Gasteiger partial charge in [-0.1, -0.05) is 91.0 Å². The molecule has 3 rings (SSSR count). The minimum absolute atomic E-state index is 0. The summed E-state index contributed by atoms with van der Waals surface area (Å²) in [7, 11) is -4.54. The molecule has 0 radical (unpaired) electrons. The van der Waals surface area contributed by atoms with E-state index < -0.39 is 25.7 Å². The Bertz CT molecular complexity index is 677. The number of hydrogen-bond donors (Lipinski definition) is 3. The van der Waals surface area contributed by atoms with Crippen molar-refractivity contribution >= 4 is 41.3 Å². The zero-order chi connectivity index (χ0) is 19.3. The monoisotopic (exact) mass is 468 g/mol. The van der Waals surface area contributed by atoms with Gasteiger partial charge >= 0.3 is 36.9 Å². The van der Waals surface area contributed by atoms with Crippen molar-refractivity contribution in [2.75, 3.05) is 0 Å². The quantitative estimate of drug-likeness (QED) is 0.310. The van der Waals surface area contributed by atoms with E-state index in [0.29, 0.717) is 0 Å². The van der Waals surface area contributed by atoms with Crippen LogP contribution >= 0.6 is 17.4 Å². The van der Waals surface area contributed by atoms with Crippen molar-refractivity contribution in [3.63, 3.8) is 0 Å². The molecule has 0 aliphatic carbocycles. The van der Waals surface area contributed by atoms with Gasteiger partial charge in [0.15, 0.2) is 0 Å². The van der Waals surface area contributed by atoms with Crippen LogP contribution in [-0.4, -0.2) is 22.9 Å². The summed E-state index contributed by atoms with van der Waals surface area (Å²) in [4.78, 5) is 25.5. The van der Waals surface area contributed by atoms with Crippen LogP contribution in [0.5, 0.6) is 0 Å². The predicted molar refractivity (Wildman–Crippen MR) is 106 cm³/mol. The minimum atomic E-state index is -2.88. The molecule has 27 heavy (non-hydrogen) atoms.